The second-order valence-electron chi connectivity index (χ2n) is 8.02. The maximum atomic E-state index is 12.7. The number of anilines is 1. The van der Waals surface area contributed by atoms with Crippen LogP contribution in [0.5, 0.6) is 0 Å². The number of sulfonamides is 1. The van der Waals surface area contributed by atoms with Crippen LogP contribution in [0.1, 0.15) is 61.1 Å². The Bertz CT molecular complexity index is 1010. The van der Waals surface area contributed by atoms with Crippen LogP contribution in [0.3, 0.4) is 0 Å². The largest absolute Gasteiger partial charge is 0.360 e. The third-order valence-electron chi connectivity index (χ3n) is 4.68. The van der Waals surface area contributed by atoms with Crippen LogP contribution in [-0.2, 0) is 17.1 Å². The highest BCUT2D eigenvalue weighted by Gasteiger charge is 2.26. The standard InChI is InChI=1S/C20H31N5O4S/c1-12(2)14-8-9-15(13(3)4)16(10-14)21-20(27)23-30(28,29)18-11-17(25(7)22-18)19(26)24(5)6/h8-13,20-21,23,27H,1-7H3. The molecule has 0 saturated carbocycles. The quantitative estimate of drug-likeness (QED) is 0.544. The number of carbonyl (C=O) groups is 1. The number of nitrogens with one attached hydrogen (secondary N) is 2. The van der Waals surface area contributed by atoms with Gasteiger partial charge in [0.2, 0.25) is 0 Å². The Morgan fingerprint density at radius 3 is 2.30 bits per heavy atom. The number of hydrogen-bond acceptors (Lipinski definition) is 6. The Morgan fingerprint density at radius 2 is 1.77 bits per heavy atom. The van der Waals surface area contributed by atoms with Gasteiger partial charge in [-0.05, 0) is 29.0 Å². The summed E-state index contributed by atoms with van der Waals surface area (Å²) < 4.78 is 28.7. The fraction of sp³-hybridized carbons (Fsp3) is 0.500. The molecule has 1 aromatic carbocycles. The lowest BCUT2D eigenvalue weighted by molar-refractivity contribution is 0.0817. The van der Waals surface area contributed by atoms with Gasteiger partial charge in [-0.3, -0.25) is 9.48 Å². The minimum atomic E-state index is -4.17. The van der Waals surface area contributed by atoms with E-state index in [-0.39, 0.29) is 28.5 Å². The van der Waals surface area contributed by atoms with E-state index in [1.54, 1.807) is 14.1 Å². The molecule has 1 aromatic heterocycles. The fourth-order valence-electron chi connectivity index (χ4n) is 2.95. The zero-order valence-corrected chi connectivity index (χ0v) is 19.3. The second-order valence-corrected chi connectivity index (χ2v) is 9.68. The molecule has 1 amide bonds. The molecule has 0 spiro atoms. The van der Waals surface area contributed by atoms with Crippen molar-refractivity contribution in [3.63, 3.8) is 0 Å². The minimum absolute atomic E-state index is 0.120. The number of aliphatic hydroxyl groups excluding tert-OH is 1. The van der Waals surface area contributed by atoms with E-state index in [4.69, 9.17) is 0 Å². The number of carbonyl (C=O) groups excluding carboxylic acids is 1. The lowest BCUT2D eigenvalue weighted by Crippen LogP contribution is -2.40. The Labute approximate surface area is 178 Å². The molecule has 0 aliphatic carbocycles. The molecule has 0 aliphatic heterocycles. The second kappa shape index (κ2) is 9.15. The van der Waals surface area contributed by atoms with Gasteiger partial charge >= 0.3 is 0 Å². The molecule has 10 heteroatoms. The maximum Gasteiger partial charge on any atom is 0.271 e. The van der Waals surface area contributed by atoms with Gasteiger partial charge < -0.3 is 15.3 Å². The Hall–Kier alpha value is -2.43. The van der Waals surface area contributed by atoms with Gasteiger partial charge in [0.1, 0.15) is 5.69 Å². The highest BCUT2D eigenvalue weighted by Crippen LogP contribution is 2.28. The molecule has 2 rings (SSSR count). The summed E-state index contributed by atoms with van der Waals surface area (Å²) in [5.41, 5.74) is 2.79. The van der Waals surface area contributed by atoms with Crippen LogP contribution in [0.2, 0.25) is 0 Å². The average Bonchev–Trinajstić information content (AvgIpc) is 3.02. The van der Waals surface area contributed by atoms with E-state index in [1.807, 2.05) is 32.0 Å². The molecular weight excluding hydrogens is 406 g/mol. The highest BCUT2D eigenvalue weighted by atomic mass is 32.2. The number of hydrogen-bond donors (Lipinski definition) is 3. The monoisotopic (exact) mass is 437 g/mol. The predicted molar refractivity (Wildman–Crippen MR) is 116 cm³/mol. The summed E-state index contributed by atoms with van der Waals surface area (Å²) in [6.45, 7) is 8.15. The summed E-state index contributed by atoms with van der Waals surface area (Å²) in [4.78, 5) is 13.5. The van der Waals surface area contributed by atoms with Crippen molar-refractivity contribution in [3.8, 4) is 0 Å². The molecule has 1 atom stereocenters. The molecule has 0 saturated heterocycles. The maximum absolute atomic E-state index is 12.7. The molecule has 166 valence electrons. The van der Waals surface area contributed by atoms with Gasteiger partial charge in [0, 0.05) is 32.9 Å². The van der Waals surface area contributed by atoms with Gasteiger partial charge in [0.25, 0.3) is 15.9 Å². The summed E-state index contributed by atoms with van der Waals surface area (Å²) in [5, 5.41) is 16.8. The van der Waals surface area contributed by atoms with Gasteiger partial charge in [-0.1, -0.05) is 39.8 Å². The first-order valence-corrected chi connectivity index (χ1v) is 11.2. The molecular formula is C20H31N5O4S. The van der Waals surface area contributed by atoms with E-state index < -0.39 is 16.4 Å². The number of aryl methyl sites for hydroxylation is 1. The van der Waals surface area contributed by atoms with Gasteiger partial charge in [0.15, 0.2) is 11.4 Å². The van der Waals surface area contributed by atoms with E-state index in [0.717, 1.165) is 11.1 Å². The third-order valence-corrected chi connectivity index (χ3v) is 5.97. The van der Waals surface area contributed by atoms with Gasteiger partial charge in [0.05, 0.1) is 0 Å². The Morgan fingerprint density at radius 1 is 1.13 bits per heavy atom. The molecule has 9 nitrogen and oxygen atoms in total. The van der Waals surface area contributed by atoms with Gasteiger partial charge in [-0.2, -0.15) is 9.82 Å². The summed E-state index contributed by atoms with van der Waals surface area (Å²) >= 11 is 0. The third kappa shape index (κ3) is 5.38. The number of aromatic nitrogens is 2. The van der Waals surface area contributed by atoms with Crippen molar-refractivity contribution in [2.24, 2.45) is 7.05 Å². The van der Waals surface area contributed by atoms with E-state index >= 15 is 0 Å². The Balaban J connectivity index is 2.26. The first-order chi connectivity index (χ1) is 13.8. The first kappa shape index (κ1) is 23.8. The van der Waals surface area contributed by atoms with Crippen molar-refractivity contribution in [1.29, 1.82) is 0 Å². The van der Waals surface area contributed by atoms with Crippen LogP contribution >= 0.6 is 0 Å². The van der Waals surface area contributed by atoms with Crippen molar-refractivity contribution in [1.82, 2.24) is 19.4 Å². The van der Waals surface area contributed by atoms with E-state index in [0.29, 0.717) is 5.69 Å². The molecule has 1 unspecified atom stereocenters. The number of aliphatic hydroxyl groups is 1. The number of nitrogens with zero attached hydrogens (tertiary/aromatic N) is 3. The first-order valence-electron chi connectivity index (χ1n) is 9.70. The van der Waals surface area contributed by atoms with Crippen molar-refractivity contribution in [3.05, 3.63) is 41.1 Å². The van der Waals surface area contributed by atoms with Crippen LogP contribution in [0.25, 0.3) is 0 Å². The zero-order chi connectivity index (χ0) is 22.8. The highest BCUT2D eigenvalue weighted by molar-refractivity contribution is 7.89. The molecule has 0 fully saturated rings. The molecule has 0 aliphatic rings. The SMILES string of the molecule is CC(C)c1ccc(C(C)C)c(NC(O)NS(=O)(=O)c2cc(C(=O)N(C)C)n(C)n2)c1. The summed E-state index contributed by atoms with van der Waals surface area (Å²) in [6, 6.07) is 7.09. The Kier molecular flexibility index (Phi) is 7.27. The van der Waals surface area contributed by atoms with Gasteiger partial charge in [-0.25, -0.2) is 8.42 Å². The molecule has 30 heavy (non-hydrogen) atoms. The van der Waals surface area contributed by atoms with Crippen LogP contribution < -0.4 is 10.0 Å². The van der Waals surface area contributed by atoms with Gasteiger partial charge in [-0.15, -0.1) is 0 Å². The molecule has 0 radical (unpaired) electrons. The van der Waals surface area contributed by atoms with Crippen LogP contribution in [0, 0.1) is 0 Å². The summed E-state index contributed by atoms with van der Waals surface area (Å²) in [5.74, 6) is 0.0758. The van der Waals surface area contributed by atoms with Crippen molar-refractivity contribution in [2.75, 3.05) is 19.4 Å². The lowest BCUT2D eigenvalue weighted by Gasteiger charge is -2.21. The number of amides is 1. The van der Waals surface area contributed by atoms with Crippen molar-refractivity contribution >= 4 is 21.6 Å². The predicted octanol–water partition coefficient (Wildman–Crippen LogP) is 2.03. The summed E-state index contributed by atoms with van der Waals surface area (Å²) in [6.07, 6.45) is -1.58. The fourth-order valence-corrected chi connectivity index (χ4v) is 3.92. The van der Waals surface area contributed by atoms with Crippen molar-refractivity contribution in [2.45, 2.75) is 50.9 Å². The topological polar surface area (TPSA) is 117 Å². The van der Waals surface area contributed by atoms with Crippen LogP contribution in [0.4, 0.5) is 5.69 Å². The van der Waals surface area contributed by atoms with E-state index in [9.17, 15) is 18.3 Å². The zero-order valence-electron chi connectivity index (χ0n) is 18.5. The number of rotatable bonds is 8. The van der Waals surface area contributed by atoms with Crippen LogP contribution in [0.15, 0.2) is 29.3 Å². The molecule has 3 N–H and O–H groups in total. The normalized spacial score (nSPS) is 13.0. The van der Waals surface area contributed by atoms with E-state index in [2.05, 4.69) is 29.0 Å². The number of benzene rings is 1. The van der Waals surface area contributed by atoms with E-state index in [1.165, 1.54) is 22.7 Å². The average molecular weight is 438 g/mol. The summed E-state index contributed by atoms with van der Waals surface area (Å²) in [7, 11) is 0.443. The molecule has 1 heterocycles. The van der Waals surface area contributed by atoms with Crippen LogP contribution in [-0.4, -0.2) is 54.6 Å². The minimum Gasteiger partial charge on any atom is -0.360 e. The smallest absolute Gasteiger partial charge is 0.271 e. The van der Waals surface area contributed by atoms with Crippen molar-refractivity contribution < 1.29 is 18.3 Å². The lowest BCUT2D eigenvalue weighted by atomic mass is 9.95. The molecule has 0 bridgehead atoms. The molecule has 2 aromatic rings.